The van der Waals surface area contributed by atoms with Crippen LogP contribution in [0.15, 0.2) is 43.4 Å². The number of halogens is 2. The van der Waals surface area contributed by atoms with Crippen molar-refractivity contribution in [1.82, 2.24) is 19.7 Å². The highest BCUT2D eigenvalue weighted by Gasteiger charge is 2.13. The highest BCUT2D eigenvalue weighted by atomic mass is 35.5. The number of primary amides is 1. The first-order chi connectivity index (χ1) is 13.9. The van der Waals surface area contributed by atoms with Crippen molar-refractivity contribution in [2.24, 2.45) is 5.73 Å². The van der Waals surface area contributed by atoms with Crippen molar-refractivity contribution in [1.29, 1.82) is 0 Å². The number of aromatic nitrogens is 4. The number of anilines is 4. The van der Waals surface area contributed by atoms with Crippen molar-refractivity contribution in [3.8, 4) is 0 Å². The molecule has 3 rings (SSSR count). The Morgan fingerprint density at radius 3 is 2.86 bits per heavy atom. The van der Waals surface area contributed by atoms with Crippen LogP contribution in [0.25, 0.3) is 5.57 Å². The summed E-state index contributed by atoms with van der Waals surface area (Å²) in [7, 11) is 0. The molecule has 150 valence electrons. The molecule has 0 radical (unpaired) electrons. The Balaban J connectivity index is 1.84. The molecule has 3 aromatic rings. The minimum absolute atomic E-state index is 0.0345. The number of benzene rings is 1. The second-order valence-corrected chi connectivity index (χ2v) is 6.30. The first kappa shape index (κ1) is 20.2. The van der Waals surface area contributed by atoms with Crippen LogP contribution in [0.1, 0.15) is 5.56 Å². The van der Waals surface area contributed by atoms with Crippen LogP contribution < -0.4 is 16.4 Å². The van der Waals surface area contributed by atoms with Gasteiger partial charge in [0.1, 0.15) is 10.8 Å². The molecule has 0 aliphatic heterocycles. The van der Waals surface area contributed by atoms with Crippen molar-refractivity contribution < 1.29 is 14.3 Å². The molecule has 0 saturated heterocycles. The van der Waals surface area contributed by atoms with E-state index in [9.17, 15) is 9.18 Å². The van der Waals surface area contributed by atoms with E-state index >= 15 is 0 Å². The Morgan fingerprint density at radius 1 is 1.34 bits per heavy atom. The van der Waals surface area contributed by atoms with E-state index in [2.05, 4.69) is 32.3 Å². The van der Waals surface area contributed by atoms with Gasteiger partial charge in [0, 0.05) is 11.8 Å². The van der Waals surface area contributed by atoms with Gasteiger partial charge in [-0.2, -0.15) is 10.1 Å². The van der Waals surface area contributed by atoms with E-state index in [1.807, 2.05) is 0 Å². The van der Waals surface area contributed by atoms with Crippen LogP contribution in [0.5, 0.6) is 0 Å². The molecule has 1 aromatic carbocycles. The van der Waals surface area contributed by atoms with Crippen molar-refractivity contribution in [2.75, 3.05) is 17.2 Å². The zero-order valence-corrected chi connectivity index (χ0v) is 15.8. The van der Waals surface area contributed by atoms with Gasteiger partial charge in [-0.3, -0.25) is 9.48 Å². The Kier molecular flexibility index (Phi) is 6.05. The van der Waals surface area contributed by atoms with E-state index in [-0.39, 0.29) is 34.7 Å². The normalized spacial score (nSPS) is 10.6. The highest BCUT2D eigenvalue weighted by Crippen LogP contribution is 2.28. The van der Waals surface area contributed by atoms with Crippen LogP contribution in [0.4, 0.5) is 27.5 Å². The van der Waals surface area contributed by atoms with Crippen LogP contribution in [0, 0.1) is 5.82 Å². The Bertz CT molecular complexity index is 1070. The van der Waals surface area contributed by atoms with Crippen molar-refractivity contribution in [3.05, 3.63) is 59.8 Å². The second-order valence-electron chi connectivity index (χ2n) is 5.89. The summed E-state index contributed by atoms with van der Waals surface area (Å²) in [5.74, 6) is -0.956. The number of nitrogens with zero attached hydrogens (tertiary/aromatic N) is 4. The molecular weight excluding hydrogens is 401 g/mol. The highest BCUT2D eigenvalue weighted by molar-refractivity contribution is 6.33. The van der Waals surface area contributed by atoms with E-state index in [1.165, 1.54) is 24.4 Å². The molecule has 5 N–H and O–H groups in total. The number of amides is 1. The lowest BCUT2D eigenvalue weighted by Crippen LogP contribution is -2.12. The van der Waals surface area contributed by atoms with Crippen LogP contribution in [0.3, 0.4) is 0 Å². The molecule has 0 unspecified atom stereocenters. The first-order valence-electron chi connectivity index (χ1n) is 8.36. The van der Waals surface area contributed by atoms with Crippen molar-refractivity contribution >= 4 is 46.2 Å². The van der Waals surface area contributed by atoms with E-state index in [1.54, 1.807) is 17.1 Å². The van der Waals surface area contributed by atoms with Crippen LogP contribution in [-0.4, -0.2) is 37.4 Å². The topological polar surface area (TPSA) is 131 Å². The maximum atomic E-state index is 14.2. The summed E-state index contributed by atoms with van der Waals surface area (Å²) in [6, 6.07) is 3.95. The number of hydrogen-bond donors (Lipinski definition) is 4. The molecule has 0 atom stereocenters. The number of nitrogens with one attached hydrogen (secondary N) is 2. The third kappa shape index (κ3) is 4.86. The van der Waals surface area contributed by atoms with Gasteiger partial charge < -0.3 is 21.5 Å². The van der Waals surface area contributed by atoms with Gasteiger partial charge in [-0.1, -0.05) is 24.2 Å². The predicted octanol–water partition coefficient (Wildman–Crippen LogP) is 2.44. The third-order valence-electron chi connectivity index (χ3n) is 3.83. The van der Waals surface area contributed by atoms with Crippen molar-refractivity contribution in [2.45, 2.75) is 6.54 Å². The smallest absolute Gasteiger partial charge is 0.248 e. The fourth-order valence-corrected chi connectivity index (χ4v) is 2.51. The fourth-order valence-electron chi connectivity index (χ4n) is 2.38. The number of nitrogens with two attached hydrogens (primary N) is 1. The number of aliphatic hydroxyl groups excluding tert-OH is 1. The molecule has 0 fully saturated rings. The molecule has 0 spiro atoms. The van der Waals surface area contributed by atoms with Gasteiger partial charge in [-0.25, -0.2) is 9.37 Å². The number of aliphatic hydroxyl groups is 1. The average molecular weight is 418 g/mol. The minimum atomic E-state index is -0.712. The molecule has 0 aliphatic carbocycles. The quantitative estimate of drug-likeness (QED) is 0.414. The summed E-state index contributed by atoms with van der Waals surface area (Å²) in [5, 5.41) is 18.9. The number of carbonyl (C=O) groups excluding carboxylic acids is 1. The molecule has 9 nitrogen and oxygen atoms in total. The molecule has 2 heterocycles. The van der Waals surface area contributed by atoms with Gasteiger partial charge in [0.15, 0.2) is 5.82 Å². The number of rotatable bonds is 8. The molecule has 1 amide bonds. The third-order valence-corrected chi connectivity index (χ3v) is 4.10. The van der Waals surface area contributed by atoms with Crippen molar-refractivity contribution in [3.63, 3.8) is 0 Å². The zero-order chi connectivity index (χ0) is 21.0. The summed E-state index contributed by atoms with van der Waals surface area (Å²) in [6.45, 7) is 3.89. The van der Waals surface area contributed by atoms with Gasteiger partial charge >= 0.3 is 0 Å². The number of carbonyl (C=O) groups is 1. The maximum absolute atomic E-state index is 14.2. The Morgan fingerprint density at radius 2 is 2.14 bits per heavy atom. The van der Waals surface area contributed by atoms with E-state index in [0.717, 1.165) is 0 Å². The maximum Gasteiger partial charge on any atom is 0.248 e. The van der Waals surface area contributed by atoms with Crippen LogP contribution in [-0.2, 0) is 11.3 Å². The molecule has 0 aliphatic rings. The largest absolute Gasteiger partial charge is 0.394 e. The van der Waals surface area contributed by atoms with Gasteiger partial charge in [-0.15, -0.1) is 0 Å². The minimum Gasteiger partial charge on any atom is -0.394 e. The molecular formula is C18H17ClFN7O2. The Labute approximate surface area is 170 Å². The molecule has 29 heavy (non-hydrogen) atoms. The lowest BCUT2D eigenvalue weighted by molar-refractivity contribution is -0.112. The standard InChI is InChI=1S/C18H17ClFN7O2/c1-10(16(21)29)11-2-3-14(20)15(6-11)25-17-13(19)8-22-18(26-17)24-12-7-23-27(9-12)4-5-28/h2-3,6-9,28H,1,4-5H2,(H2,21,29)(H2,22,24,25,26). The summed E-state index contributed by atoms with van der Waals surface area (Å²) in [6.07, 6.45) is 4.56. The zero-order valence-electron chi connectivity index (χ0n) is 15.1. The molecule has 0 bridgehead atoms. The van der Waals surface area contributed by atoms with Gasteiger partial charge in [0.25, 0.3) is 0 Å². The number of hydrogen-bond acceptors (Lipinski definition) is 7. The summed E-state index contributed by atoms with van der Waals surface area (Å²) < 4.78 is 15.8. The van der Waals surface area contributed by atoms with Crippen LogP contribution in [0.2, 0.25) is 5.02 Å². The fraction of sp³-hybridized carbons (Fsp3) is 0.111. The summed E-state index contributed by atoms with van der Waals surface area (Å²) in [5.41, 5.74) is 6.26. The lowest BCUT2D eigenvalue weighted by atomic mass is 10.1. The summed E-state index contributed by atoms with van der Waals surface area (Å²) in [4.78, 5) is 19.6. The molecule has 2 aromatic heterocycles. The first-order valence-corrected chi connectivity index (χ1v) is 8.73. The second kappa shape index (κ2) is 8.67. The van der Waals surface area contributed by atoms with E-state index in [0.29, 0.717) is 17.8 Å². The lowest BCUT2D eigenvalue weighted by Gasteiger charge is -2.12. The average Bonchev–Trinajstić information content (AvgIpc) is 3.12. The molecule has 0 saturated carbocycles. The molecule has 11 heteroatoms. The summed E-state index contributed by atoms with van der Waals surface area (Å²) >= 11 is 6.13. The Hall–Kier alpha value is -3.50. The van der Waals surface area contributed by atoms with Crippen LogP contribution >= 0.6 is 11.6 Å². The van der Waals surface area contributed by atoms with Gasteiger partial charge in [0.2, 0.25) is 11.9 Å². The van der Waals surface area contributed by atoms with E-state index < -0.39 is 11.7 Å². The monoisotopic (exact) mass is 417 g/mol. The SMILES string of the molecule is C=C(C(N)=O)c1ccc(F)c(Nc2nc(Nc3cnn(CCO)c3)ncc2Cl)c1. The predicted molar refractivity (Wildman–Crippen MR) is 108 cm³/mol. The van der Waals surface area contributed by atoms with Gasteiger partial charge in [0.05, 0.1) is 36.9 Å². The van der Waals surface area contributed by atoms with Gasteiger partial charge in [-0.05, 0) is 17.7 Å². The van der Waals surface area contributed by atoms with E-state index in [4.69, 9.17) is 22.4 Å².